The summed E-state index contributed by atoms with van der Waals surface area (Å²) in [4.78, 5) is 14.1. The number of para-hydroxylation sites is 1. The predicted molar refractivity (Wildman–Crippen MR) is 118 cm³/mol. The Balaban J connectivity index is 1.36. The Kier molecular flexibility index (Phi) is 5.08. The molecule has 1 unspecified atom stereocenters. The van der Waals surface area contributed by atoms with Gasteiger partial charge >= 0.3 is 0 Å². The number of fused-ring (bicyclic) bond motifs is 3. The summed E-state index contributed by atoms with van der Waals surface area (Å²) in [6.45, 7) is 1.03. The van der Waals surface area contributed by atoms with Gasteiger partial charge in [0.05, 0.1) is 18.8 Å². The number of hydrogen-bond acceptors (Lipinski definition) is 3. The fraction of sp³-hybridized carbons (Fsp3) is 0.240. The number of hydrogen-bond donors (Lipinski definition) is 2. The molecule has 0 radical (unpaired) electrons. The quantitative estimate of drug-likeness (QED) is 0.477. The minimum absolute atomic E-state index is 0.0854. The van der Waals surface area contributed by atoms with Crippen LogP contribution < -0.4 is 15.0 Å². The summed E-state index contributed by atoms with van der Waals surface area (Å²) in [5.41, 5.74) is 3.12. The summed E-state index contributed by atoms with van der Waals surface area (Å²) in [5, 5.41) is 4.96. The van der Waals surface area contributed by atoms with E-state index in [0.717, 1.165) is 34.8 Å². The van der Waals surface area contributed by atoms with Gasteiger partial charge in [0, 0.05) is 35.2 Å². The average Bonchev–Trinajstić information content (AvgIpc) is 3.55. The lowest BCUT2D eigenvalue weighted by Crippen LogP contribution is -3.13. The number of benzene rings is 3. The van der Waals surface area contributed by atoms with Gasteiger partial charge in [-0.1, -0.05) is 30.3 Å². The first-order chi connectivity index (χ1) is 15.1. The molecule has 1 atom stereocenters. The van der Waals surface area contributed by atoms with E-state index in [1.807, 2.05) is 36.4 Å². The van der Waals surface area contributed by atoms with Crippen molar-refractivity contribution in [1.29, 1.82) is 0 Å². The fourth-order valence-electron chi connectivity index (χ4n) is 4.13. The molecule has 4 aromatic rings. The minimum atomic E-state index is -0.248. The lowest BCUT2D eigenvalue weighted by atomic mass is 10.1. The van der Waals surface area contributed by atoms with Crippen molar-refractivity contribution in [3.63, 3.8) is 0 Å². The molecule has 1 amide bonds. The van der Waals surface area contributed by atoms with Crippen LogP contribution in [0.25, 0.3) is 21.9 Å². The third kappa shape index (κ3) is 4.11. The molecule has 158 valence electrons. The van der Waals surface area contributed by atoms with Gasteiger partial charge in [0.2, 0.25) is 0 Å². The van der Waals surface area contributed by atoms with Gasteiger partial charge in [-0.25, -0.2) is 4.39 Å². The smallest absolute Gasteiger partial charge is 0.279 e. The number of carbonyl (C=O) groups excluding carboxylic acids is 1. The molecule has 5 rings (SSSR count). The highest BCUT2D eigenvalue weighted by atomic mass is 19.1. The molecule has 1 heterocycles. The second-order valence-corrected chi connectivity index (χ2v) is 8.11. The molecular formula is C25H24FN2O3+. The van der Waals surface area contributed by atoms with Crippen LogP contribution in [0, 0.1) is 5.82 Å². The van der Waals surface area contributed by atoms with Crippen LogP contribution in [0.5, 0.6) is 5.75 Å². The van der Waals surface area contributed by atoms with Crippen LogP contribution in [-0.2, 0) is 11.3 Å². The number of methoxy groups -OCH3 is 1. The van der Waals surface area contributed by atoms with E-state index in [2.05, 4.69) is 5.32 Å². The van der Waals surface area contributed by atoms with E-state index in [1.54, 1.807) is 19.2 Å². The lowest BCUT2D eigenvalue weighted by molar-refractivity contribution is -0.916. The molecule has 1 saturated carbocycles. The molecule has 0 aliphatic heterocycles. The topological polar surface area (TPSA) is 55.9 Å². The first-order valence-electron chi connectivity index (χ1n) is 10.5. The Labute approximate surface area is 179 Å². The monoisotopic (exact) mass is 419 g/mol. The fourth-order valence-corrected chi connectivity index (χ4v) is 4.13. The number of rotatable bonds is 7. The minimum Gasteiger partial charge on any atom is -0.495 e. The van der Waals surface area contributed by atoms with Crippen molar-refractivity contribution in [2.24, 2.45) is 0 Å². The Morgan fingerprint density at radius 3 is 2.61 bits per heavy atom. The van der Waals surface area contributed by atoms with Crippen LogP contribution in [0.2, 0.25) is 0 Å². The summed E-state index contributed by atoms with van der Waals surface area (Å²) in [6.07, 6.45) is 2.22. The summed E-state index contributed by atoms with van der Waals surface area (Å²) in [6, 6.07) is 18.5. The molecule has 0 spiro atoms. The zero-order valence-electron chi connectivity index (χ0n) is 17.3. The SMILES string of the molecule is COc1cc2c(cc1NC(=O)C[NH+](Cc1ccc(F)cc1)C1CC1)oc1ccccc12. The van der Waals surface area contributed by atoms with Crippen molar-refractivity contribution in [2.45, 2.75) is 25.4 Å². The highest BCUT2D eigenvalue weighted by molar-refractivity contribution is 6.07. The van der Waals surface area contributed by atoms with Crippen molar-refractivity contribution >= 4 is 33.5 Å². The van der Waals surface area contributed by atoms with E-state index in [1.165, 1.54) is 17.0 Å². The Morgan fingerprint density at radius 2 is 1.87 bits per heavy atom. The van der Waals surface area contributed by atoms with Gasteiger partial charge in [-0.2, -0.15) is 0 Å². The van der Waals surface area contributed by atoms with Crippen LogP contribution in [0.3, 0.4) is 0 Å². The molecule has 0 saturated heterocycles. The normalized spacial score (nSPS) is 14.6. The zero-order valence-corrected chi connectivity index (χ0v) is 17.3. The predicted octanol–water partition coefficient (Wildman–Crippen LogP) is 3.92. The molecule has 1 fully saturated rings. The van der Waals surface area contributed by atoms with Crippen LogP contribution in [-0.4, -0.2) is 25.6 Å². The van der Waals surface area contributed by atoms with Crippen molar-refractivity contribution in [2.75, 3.05) is 19.0 Å². The summed E-state index contributed by atoms with van der Waals surface area (Å²) >= 11 is 0. The first kappa shape index (κ1) is 19.6. The number of ether oxygens (including phenoxy) is 1. The maximum atomic E-state index is 13.2. The Hall–Kier alpha value is -3.38. The number of nitrogens with one attached hydrogen (secondary N) is 2. The van der Waals surface area contributed by atoms with Gasteiger partial charge < -0.3 is 19.4 Å². The maximum Gasteiger partial charge on any atom is 0.279 e. The molecule has 1 aliphatic rings. The number of quaternary nitrogens is 1. The van der Waals surface area contributed by atoms with Gasteiger partial charge in [0.15, 0.2) is 6.54 Å². The van der Waals surface area contributed by atoms with Crippen LogP contribution >= 0.6 is 0 Å². The van der Waals surface area contributed by atoms with Gasteiger partial charge in [-0.05, 0) is 24.3 Å². The average molecular weight is 419 g/mol. The van der Waals surface area contributed by atoms with Crippen molar-refractivity contribution < 1.29 is 23.2 Å². The summed E-state index contributed by atoms with van der Waals surface area (Å²) in [7, 11) is 1.59. The molecular weight excluding hydrogens is 395 g/mol. The molecule has 1 aliphatic carbocycles. The van der Waals surface area contributed by atoms with Crippen LogP contribution in [0.1, 0.15) is 18.4 Å². The number of furan rings is 1. The number of carbonyl (C=O) groups is 1. The van der Waals surface area contributed by atoms with Crippen molar-refractivity contribution in [3.8, 4) is 5.75 Å². The van der Waals surface area contributed by atoms with Crippen LogP contribution in [0.15, 0.2) is 65.1 Å². The number of anilines is 1. The second-order valence-electron chi connectivity index (χ2n) is 8.11. The van der Waals surface area contributed by atoms with Gasteiger partial charge in [0.25, 0.3) is 5.91 Å². The standard InChI is InChI=1S/C25H23FN2O3/c1-30-24-12-20-19-4-2-3-5-22(19)31-23(20)13-21(24)27-25(29)15-28(18-10-11-18)14-16-6-8-17(26)9-7-16/h2-9,12-13,18H,10-11,14-15H2,1H3,(H,27,29)/p+1. The van der Waals surface area contributed by atoms with E-state index in [0.29, 0.717) is 36.2 Å². The molecule has 3 aromatic carbocycles. The molecule has 2 N–H and O–H groups in total. The van der Waals surface area contributed by atoms with Gasteiger partial charge in [0.1, 0.15) is 29.3 Å². The maximum absolute atomic E-state index is 13.2. The Bertz CT molecular complexity index is 1250. The van der Waals surface area contributed by atoms with Crippen molar-refractivity contribution in [3.05, 3.63) is 72.0 Å². The van der Waals surface area contributed by atoms with E-state index >= 15 is 0 Å². The number of halogens is 1. The highest BCUT2D eigenvalue weighted by Crippen LogP contribution is 2.36. The highest BCUT2D eigenvalue weighted by Gasteiger charge is 2.34. The molecule has 6 heteroatoms. The molecule has 1 aromatic heterocycles. The van der Waals surface area contributed by atoms with E-state index < -0.39 is 0 Å². The zero-order chi connectivity index (χ0) is 21.4. The second kappa shape index (κ2) is 8.04. The third-order valence-electron chi connectivity index (χ3n) is 5.86. The molecule has 5 nitrogen and oxygen atoms in total. The Morgan fingerprint density at radius 1 is 1.10 bits per heavy atom. The van der Waals surface area contributed by atoms with Crippen LogP contribution in [0.4, 0.5) is 10.1 Å². The summed E-state index contributed by atoms with van der Waals surface area (Å²) in [5.74, 6) is 0.263. The number of amides is 1. The van der Waals surface area contributed by atoms with Crippen molar-refractivity contribution in [1.82, 2.24) is 0 Å². The third-order valence-corrected chi connectivity index (χ3v) is 5.86. The summed E-state index contributed by atoms with van der Waals surface area (Å²) < 4.78 is 24.7. The first-order valence-corrected chi connectivity index (χ1v) is 10.5. The van der Waals surface area contributed by atoms with Gasteiger partial charge in [-0.15, -0.1) is 0 Å². The molecule has 31 heavy (non-hydrogen) atoms. The largest absolute Gasteiger partial charge is 0.495 e. The molecule has 0 bridgehead atoms. The van der Waals surface area contributed by atoms with E-state index in [-0.39, 0.29) is 11.7 Å². The van der Waals surface area contributed by atoms with E-state index in [4.69, 9.17) is 9.15 Å². The lowest BCUT2D eigenvalue weighted by Gasteiger charge is -2.19. The van der Waals surface area contributed by atoms with E-state index in [9.17, 15) is 9.18 Å². The van der Waals surface area contributed by atoms with Gasteiger partial charge in [-0.3, -0.25) is 4.79 Å².